The Morgan fingerprint density at radius 1 is 1.64 bits per heavy atom. The first kappa shape index (κ1) is 13.1. The molecule has 0 aliphatic carbocycles. The summed E-state index contributed by atoms with van der Waals surface area (Å²) in [5.41, 5.74) is 0. The lowest BCUT2D eigenvalue weighted by Gasteiger charge is -2.30. The Morgan fingerprint density at radius 3 is 2.64 bits per heavy atom. The predicted molar refractivity (Wildman–Crippen MR) is 54.7 cm³/mol. The summed E-state index contributed by atoms with van der Waals surface area (Å²) in [6, 6.07) is 0. The van der Waals surface area contributed by atoms with Gasteiger partial charge >= 0.3 is 5.97 Å². The number of quaternary nitrogens is 1. The number of carbonyl (C=O) groups excluding carboxylic acids is 1. The molecule has 1 atom stereocenters. The number of hydrogen-bond donors (Lipinski definition) is 1. The fraction of sp³-hybridized carbons (Fsp3) is 0.700. The standard InChI is InChI=1S/C10H20NO3/c1-5-10(13)14-7-6-11(3,4)8-9(2)12/h5,9,12H,1,6-8H2,2-4H3/q+1. The molecule has 0 aliphatic rings. The normalized spacial score (nSPS) is 13.4. The number of aliphatic hydroxyl groups is 1. The fourth-order valence-corrected chi connectivity index (χ4v) is 1.26. The van der Waals surface area contributed by atoms with E-state index in [1.165, 1.54) is 0 Å². The summed E-state index contributed by atoms with van der Waals surface area (Å²) in [5, 5.41) is 9.20. The summed E-state index contributed by atoms with van der Waals surface area (Å²) in [6.45, 7) is 6.73. The van der Waals surface area contributed by atoms with Crippen molar-refractivity contribution in [3.8, 4) is 0 Å². The number of esters is 1. The van der Waals surface area contributed by atoms with Crippen LogP contribution in [0.2, 0.25) is 0 Å². The largest absolute Gasteiger partial charge is 0.457 e. The molecule has 0 aromatic carbocycles. The minimum Gasteiger partial charge on any atom is -0.457 e. The van der Waals surface area contributed by atoms with Crippen molar-refractivity contribution in [1.82, 2.24) is 0 Å². The minimum absolute atomic E-state index is 0.347. The molecule has 0 aromatic rings. The smallest absolute Gasteiger partial charge is 0.330 e. The highest BCUT2D eigenvalue weighted by molar-refractivity contribution is 5.81. The third kappa shape index (κ3) is 6.62. The number of rotatable bonds is 6. The Kier molecular flexibility index (Phi) is 5.42. The summed E-state index contributed by atoms with van der Waals surface area (Å²) < 4.78 is 5.48. The van der Waals surface area contributed by atoms with Gasteiger partial charge in [0.2, 0.25) is 0 Å². The van der Waals surface area contributed by atoms with Gasteiger partial charge in [0.1, 0.15) is 25.8 Å². The van der Waals surface area contributed by atoms with E-state index < -0.39 is 5.97 Å². The topological polar surface area (TPSA) is 46.5 Å². The lowest BCUT2D eigenvalue weighted by molar-refractivity contribution is -0.893. The SMILES string of the molecule is C=CC(=O)OCC[N+](C)(C)CC(C)O. The van der Waals surface area contributed by atoms with Gasteiger partial charge in [0, 0.05) is 6.08 Å². The molecule has 4 nitrogen and oxygen atoms in total. The molecule has 0 heterocycles. The van der Waals surface area contributed by atoms with Crippen LogP contribution in [-0.2, 0) is 9.53 Å². The second-order valence-corrected chi connectivity index (χ2v) is 4.06. The van der Waals surface area contributed by atoms with Crippen molar-refractivity contribution in [2.24, 2.45) is 0 Å². The monoisotopic (exact) mass is 202 g/mol. The number of carbonyl (C=O) groups is 1. The minimum atomic E-state index is -0.401. The average Bonchev–Trinajstić information content (AvgIpc) is 2.01. The second-order valence-electron chi connectivity index (χ2n) is 4.06. The summed E-state index contributed by atoms with van der Waals surface area (Å²) in [7, 11) is 3.96. The Bertz CT molecular complexity index is 200. The molecule has 0 aromatic heterocycles. The first-order valence-electron chi connectivity index (χ1n) is 4.66. The van der Waals surface area contributed by atoms with Crippen LogP contribution in [-0.4, -0.2) is 55.5 Å². The van der Waals surface area contributed by atoms with E-state index in [0.717, 1.165) is 6.08 Å². The molecule has 0 bridgehead atoms. The molecule has 0 spiro atoms. The first-order valence-corrected chi connectivity index (χ1v) is 4.66. The van der Waals surface area contributed by atoms with E-state index in [4.69, 9.17) is 4.74 Å². The maximum absolute atomic E-state index is 10.7. The number of nitrogens with zero attached hydrogens (tertiary/aromatic N) is 1. The highest BCUT2D eigenvalue weighted by Gasteiger charge is 2.17. The Hall–Kier alpha value is -0.870. The van der Waals surface area contributed by atoms with Crippen molar-refractivity contribution in [3.63, 3.8) is 0 Å². The molecule has 0 saturated heterocycles. The van der Waals surface area contributed by atoms with E-state index in [-0.39, 0.29) is 6.10 Å². The highest BCUT2D eigenvalue weighted by atomic mass is 16.5. The van der Waals surface area contributed by atoms with Gasteiger partial charge in [0.25, 0.3) is 0 Å². The number of aliphatic hydroxyl groups excluding tert-OH is 1. The predicted octanol–water partition coefficient (Wildman–Crippen LogP) is 0.173. The zero-order valence-corrected chi connectivity index (χ0v) is 9.19. The molecule has 0 saturated carbocycles. The zero-order chi connectivity index (χ0) is 11.2. The average molecular weight is 202 g/mol. The lowest BCUT2D eigenvalue weighted by Crippen LogP contribution is -2.46. The summed E-state index contributed by atoms with van der Waals surface area (Å²) in [4.78, 5) is 10.7. The van der Waals surface area contributed by atoms with E-state index in [0.29, 0.717) is 24.2 Å². The Labute approximate surface area is 85.4 Å². The van der Waals surface area contributed by atoms with Gasteiger partial charge in [-0.05, 0) is 6.92 Å². The first-order chi connectivity index (χ1) is 6.37. The van der Waals surface area contributed by atoms with Crippen molar-refractivity contribution in [3.05, 3.63) is 12.7 Å². The second kappa shape index (κ2) is 5.78. The van der Waals surface area contributed by atoms with Crippen LogP contribution in [0.4, 0.5) is 0 Å². The maximum Gasteiger partial charge on any atom is 0.330 e. The van der Waals surface area contributed by atoms with Crippen molar-refractivity contribution < 1.29 is 19.1 Å². The van der Waals surface area contributed by atoms with Gasteiger partial charge in [-0.2, -0.15) is 0 Å². The van der Waals surface area contributed by atoms with Gasteiger partial charge in [-0.25, -0.2) is 4.79 Å². The summed E-state index contributed by atoms with van der Waals surface area (Å²) in [5.74, 6) is -0.401. The van der Waals surface area contributed by atoms with Gasteiger partial charge in [0.05, 0.1) is 14.1 Å². The van der Waals surface area contributed by atoms with Crippen molar-refractivity contribution in [1.29, 1.82) is 0 Å². The van der Waals surface area contributed by atoms with Crippen LogP contribution in [0, 0.1) is 0 Å². The molecule has 0 aliphatic heterocycles. The summed E-state index contributed by atoms with van der Waals surface area (Å²) >= 11 is 0. The van der Waals surface area contributed by atoms with Crippen LogP contribution in [0.3, 0.4) is 0 Å². The molecule has 1 unspecified atom stereocenters. The van der Waals surface area contributed by atoms with E-state index >= 15 is 0 Å². The van der Waals surface area contributed by atoms with Gasteiger partial charge in [-0.1, -0.05) is 6.58 Å². The maximum atomic E-state index is 10.7. The Morgan fingerprint density at radius 2 is 2.21 bits per heavy atom. The van der Waals surface area contributed by atoms with E-state index in [1.807, 2.05) is 14.1 Å². The van der Waals surface area contributed by atoms with Gasteiger partial charge in [0.15, 0.2) is 0 Å². The molecule has 4 heteroatoms. The van der Waals surface area contributed by atoms with Crippen LogP contribution in [0.5, 0.6) is 0 Å². The molecule has 82 valence electrons. The number of hydrogen-bond acceptors (Lipinski definition) is 3. The van der Waals surface area contributed by atoms with Crippen LogP contribution < -0.4 is 0 Å². The van der Waals surface area contributed by atoms with Crippen LogP contribution in [0.1, 0.15) is 6.92 Å². The molecule has 0 radical (unpaired) electrons. The third-order valence-electron chi connectivity index (χ3n) is 1.87. The third-order valence-corrected chi connectivity index (χ3v) is 1.87. The summed E-state index contributed by atoms with van der Waals surface area (Å²) in [6.07, 6.45) is 0.800. The van der Waals surface area contributed by atoms with Crippen LogP contribution in [0.25, 0.3) is 0 Å². The molecule has 14 heavy (non-hydrogen) atoms. The van der Waals surface area contributed by atoms with Gasteiger partial charge < -0.3 is 14.3 Å². The lowest BCUT2D eigenvalue weighted by atomic mass is 10.3. The van der Waals surface area contributed by atoms with Gasteiger partial charge in [-0.3, -0.25) is 0 Å². The number of likely N-dealkylation sites (N-methyl/N-ethyl adjacent to an activating group) is 1. The van der Waals surface area contributed by atoms with E-state index in [1.54, 1.807) is 6.92 Å². The molecule has 1 N–H and O–H groups in total. The Balaban J connectivity index is 3.75. The van der Waals surface area contributed by atoms with Crippen LogP contribution in [0.15, 0.2) is 12.7 Å². The molecular weight excluding hydrogens is 182 g/mol. The molecular formula is C10H20NO3+. The van der Waals surface area contributed by atoms with E-state index in [9.17, 15) is 9.90 Å². The van der Waals surface area contributed by atoms with E-state index in [2.05, 4.69) is 6.58 Å². The van der Waals surface area contributed by atoms with Gasteiger partial charge in [-0.15, -0.1) is 0 Å². The quantitative estimate of drug-likeness (QED) is 0.379. The number of ether oxygens (including phenoxy) is 1. The van der Waals surface area contributed by atoms with Crippen molar-refractivity contribution >= 4 is 5.97 Å². The van der Waals surface area contributed by atoms with Crippen molar-refractivity contribution in [2.45, 2.75) is 13.0 Å². The zero-order valence-electron chi connectivity index (χ0n) is 9.19. The highest BCUT2D eigenvalue weighted by Crippen LogP contribution is 1.99. The molecule has 0 fully saturated rings. The molecule has 0 amide bonds. The van der Waals surface area contributed by atoms with Crippen molar-refractivity contribution in [2.75, 3.05) is 33.8 Å². The fourth-order valence-electron chi connectivity index (χ4n) is 1.26. The molecule has 0 rings (SSSR count). The van der Waals surface area contributed by atoms with Crippen LogP contribution >= 0.6 is 0 Å².